The largest absolute Gasteiger partial charge is 0.397 e. The molecular formula is C14H15N3OS. The molecule has 98 valence electrons. The number of carbonyl (C=O) groups excluding carboxylic acids is 1. The van der Waals surface area contributed by atoms with Gasteiger partial charge in [0.15, 0.2) is 0 Å². The number of hydrogen-bond donors (Lipinski definition) is 3. The van der Waals surface area contributed by atoms with Crippen molar-refractivity contribution < 1.29 is 4.79 Å². The molecule has 1 aromatic heterocycles. The Kier molecular flexibility index (Phi) is 3.23. The normalized spacial score (nSPS) is 13.9. The zero-order valence-electron chi connectivity index (χ0n) is 10.4. The van der Waals surface area contributed by atoms with Crippen LogP contribution in [0.15, 0.2) is 30.3 Å². The molecule has 0 bridgehead atoms. The highest BCUT2D eigenvalue weighted by molar-refractivity contribution is 7.14. The van der Waals surface area contributed by atoms with Gasteiger partial charge in [-0.15, -0.1) is 11.3 Å². The molecule has 0 spiro atoms. The fourth-order valence-corrected chi connectivity index (χ4v) is 3.24. The number of benzene rings is 1. The van der Waals surface area contributed by atoms with Crippen molar-refractivity contribution in [2.75, 3.05) is 17.6 Å². The number of carbonyl (C=O) groups is 1. The first-order valence-corrected chi connectivity index (χ1v) is 7.04. The Labute approximate surface area is 115 Å². The smallest absolute Gasteiger partial charge is 0.265 e. The van der Waals surface area contributed by atoms with Crippen LogP contribution in [0.1, 0.15) is 20.1 Å². The average molecular weight is 273 g/mol. The van der Waals surface area contributed by atoms with Crippen molar-refractivity contribution >= 4 is 28.6 Å². The van der Waals surface area contributed by atoms with E-state index in [1.54, 1.807) is 17.4 Å². The number of nitrogens with one attached hydrogen (secondary N) is 2. The summed E-state index contributed by atoms with van der Waals surface area (Å²) in [6.45, 7) is 1.84. The van der Waals surface area contributed by atoms with E-state index in [4.69, 9.17) is 5.73 Å². The van der Waals surface area contributed by atoms with Crippen LogP contribution in [0.4, 0.5) is 11.4 Å². The minimum absolute atomic E-state index is 0.0858. The Hall–Kier alpha value is -1.85. The summed E-state index contributed by atoms with van der Waals surface area (Å²) in [4.78, 5) is 14.2. The first-order valence-electron chi connectivity index (χ1n) is 6.22. The predicted octanol–water partition coefficient (Wildman–Crippen LogP) is 2.23. The van der Waals surface area contributed by atoms with Gasteiger partial charge in [-0.25, -0.2) is 0 Å². The van der Waals surface area contributed by atoms with Gasteiger partial charge in [0.25, 0.3) is 5.91 Å². The van der Waals surface area contributed by atoms with Crippen molar-refractivity contribution in [2.24, 2.45) is 0 Å². The molecule has 0 fully saturated rings. The van der Waals surface area contributed by atoms with Gasteiger partial charge in [-0.05, 0) is 36.7 Å². The van der Waals surface area contributed by atoms with Crippen molar-refractivity contribution in [1.29, 1.82) is 0 Å². The second kappa shape index (κ2) is 5.03. The molecule has 19 heavy (non-hydrogen) atoms. The topological polar surface area (TPSA) is 67.1 Å². The molecular weight excluding hydrogens is 258 g/mol. The number of nitrogen functional groups attached to an aromatic ring is 1. The van der Waals surface area contributed by atoms with Gasteiger partial charge in [-0.2, -0.15) is 0 Å². The van der Waals surface area contributed by atoms with Crippen molar-refractivity contribution in [3.05, 3.63) is 45.6 Å². The molecule has 4 nitrogen and oxygen atoms in total. The Morgan fingerprint density at radius 1 is 1.37 bits per heavy atom. The third-order valence-electron chi connectivity index (χ3n) is 3.19. The van der Waals surface area contributed by atoms with Gasteiger partial charge in [-0.1, -0.05) is 12.1 Å². The van der Waals surface area contributed by atoms with E-state index in [0.717, 1.165) is 24.4 Å². The first-order chi connectivity index (χ1) is 9.24. The summed E-state index contributed by atoms with van der Waals surface area (Å²) in [5, 5.41) is 6.17. The lowest BCUT2D eigenvalue weighted by atomic mass is 10.1. The molecule has 2 heterocycles. The van der Waals surface area contributed by atoms with Gasteiger partial charge in [0, 0.05) is 11.4 Å². The zero-order valence-corrected chi connectivity index (χ0v) is 11.2. The fourth-order valence-electron chi connectivity index (χ4n) is 2.16. The number of hydrogen-bond acceptors (Lipinski definition) is 4. The lowest BCUT2D eigenvalue weighted by Gasteiger charge is -2.10. The SMILES string of the molecule is Nc1ccccc1NC(=O)c1cc2c(s1)CNCC2. The second-order valence-corrected chi connectivity index (χ2v) is 5.66. The molecule has 0 radical (unpaired) electrons. The summed E-state index contributed by atoms with van der Waals surface area (Å²) in [5.74, 6) is -0.0858. The Bertz CT molecular complexity index is 597. The van der Waals surface area contributed by atoms with Crippen LogP contribution in [0.25, 0.3) is 0 Å². The summed E-state index contributed by atoms with van der Waals surface area (Å²) in [6, 6.07) is 9.28. The summed E-state index contributed by atoms with van der Waals surface area (Å²) >= 11 is 1.55. The highest BCUT2D eigenvalue weighted by atomic mass is 32.1. The van der Waals surface area contributed by atoms with Gasteiger partial charge in [0.05, 0.1) is 16.3 Å². The number of amides is 1. The Morgan fingerprint density at radius 3 is 3.00 bits per heavy atom. The number of thiophene rings is 1. The van der Waals surface area contributed by atoms with Gasteiger partial charge < -0.3 is 16.4 Å². The quantitative estimate of drug-likeness (QED) is 0.735. The van der Waals surface area contributed by atoms with Gasteiger partial charge >= 0.3 is 0 Å². The molecule has 0 saturated carbocycles. The van der Waals surface area contributed by atoms with Crippen LogP contribution >= 0.6 is 11.3 Å². The molecule has 1 aliphatic heterocycles. The first kappa shape index (κ1) is 12.2. The standard InChI is InChI=1S/C14H15N3OS/c15-10-3-1-2-4-11(10)17-14(18)12-7-9-5-6-16-8-13(9)19-12/h1-4,7,16H,5-6,8,15H2,(H,17,18). The lowest BCUT2D eigenvalue weighted by molar-refractivity contribution is 0.103. The maximum Gasteiger partial charge on any atom is 0.265 e. The van der Waals surface area contributed by atoms with E-state index in [-0.39, 0.29) is 5.91 Å². The van der Waals surface area contributed by atoms with E-state index in [9.17, 15) is 4.79 Å². The predicted molar refractivity (Wildman–Crippen MR) is 78.5 cm³/mol. The van der Waals surface area contributed by atoms with Crippen LogP contribution in [0.2, 0.25) is 0 Å². The van der Waals surface area contributed by atoms with Gasteiger partial charge in [0.1, 0.15) is 0 Å². The molecule has 0 unspecified atom stereocenters. The number of fused-ring (bicyclic) bond motifs is 1. The Morgan fingerprint density at radius 2 is 2.21 bits per heavy atom. The molecule has 2 aromatic rings. The molecule has 0 saturated heterocycles. The molecule has 1 amide bonds. The monoisotopic (exact) mass is 273 g/mol. The van der Waals surface area contributed by atoms with Gasteiger partial charge in [-0.3, -0.25) is 4.79 Å². The molecule has 1 aliphatic rings. The van der Waals surface area contributed by atoms with E-state index in [1.165, 1.54) is 10.4 Å². The fraction of sp³-hybridized carbons (Fsp3) is 0.214. The van der Waals surface area contributed by atoms with Crippen LogP contribution in [0, 0.1) is 0 Å². The number of nitrogens with two attached hydrogens (primary N) is 1. The van der Waals surface area contributed by atoms with Crippen LogP contribution in [0.3, 0.4) is 0 Å². The molecule has 5 heteroatoms. The van der Waals surface area contributed by atoms with E-state index in [2.05, 4.69) is 10.6 Å². The third kappa shape index (κ3) is 2.47. The van der Waals surface area contributed by atoms with Crippen molar-refractivity contribution in [3.63, 3.8) is 0 Å². The summed E-state index contributed by atoms with van der Waals surface area (Å²) in [6.07, 6.45) is 0.993. The maximum atomic E-state index is 12.2. The molecule has 3 rings (SSSR count). The third-order valence-corrected chi connectivity index (χ3v) is 4.36. The van der Waals surface area contributed by atoms with E-state index in [0.29, 0.717) is 11.4 Å². The van der Waals surface area contributed by atoms with Crippen LogP contribution in [-0.4, -0.2) is 12.5 Å². The van der Waals surface area contributed by atoms with E-state index >= 15 is 0 Å². The van der Waals surface area contributed by atoms with Crippen molar-refractivity contribution in [1.82, 2.24) is 5.32 Å². The second-order valence-electron chi connectivity index (χ2n) is 4.53. The minimum atomic E-state index is -0.0858. The van der Waals surface area contributed by atoms with Gasteiger partial charge in [0.2, 0.25) is 0 Å². The van der Waals surface area contributed by atoms with Crippen LogP contribution < -0.4 is 16.4 Å². The molecule has 0 aliphatic carbocycles. The summed E-state index contributed by atoms with van der Waals surface area (Å²) < 4.78 is 0. The molecule has 1 aromatic carbocycles. The zero-order chi connectivity index (χ0) is 13.2. The highest BCUT2D eigenvalue weighted by Crippen LogP contribution is 2.26. The van der Waals surface area contributed by atoms with E-state index < -0.39 is 0 Å². The Balaban J connectivity index is 1.81. The highest BCUT2D eigenvalue weighted by Gasteiger charge is 2.17. The molecule has 0 atom stereocenters. The van der Waals surface area contributed by atoms with Crippen LogP contribution in [0.5, 0.6) is 0 Å². The summed E-state index contributed by atoms with van der Waals surface area (Å²) in [7, 11) is 0. The summed E-state index contributed by atoms with van der Waals surface area (Å²) in [5.41, 5.74) is 8.36. The number of anilines is 2. The lowest BCUT2D eigenvalue weighted by Crippen LogP contribution is -2.21. The number of rotatable bonds is 2. The van der Waals surface area contributed by atoms with E-state index in [1.807, 2.05) is 24.3 Å². The van der Waals surface area contributed by atoms with Crippen LogP contribution in [-0.2, 0) is 13.0 Å². The van der Waals surface area contributed by atoms with Crippen molar-refractivity contribution in [3.8, 4) is 0 Å². The number of para-hydroxylation sites is 2. The molecule has 4 N–H and O–H groups in total. The maximum absolute atomic E-state index is 12.2. The minimum Gasteiger partial charge on any atom is -0.397 e. The average Bonchev–Trinajstić information content (AvgIpc) is 2.85. The van der Waals surface area contributed by atoms with Crippen molar-refractivity contribution in [2.45, 2.75) is 13.0 Å².